The number of aromatic nitrogens is 5. The van der Waals surface area contributed by atoms with Gasteiger partial charge in [0.25, 0.3) is 11.8 Å². The number of carbonyl (C=O) groups excluding carboxylic acids is 3. The smallest absolute Gasteiger partial charge is 0.409 e. The number of carbonyl (C=O) groups is 3. The van der Waals surface area contributed by atoms with E-state index in [2.05, 4.69) is 25.6 Å². The summed E-state index contributed by atoms with van der Waals surface area (Å²) in [5.41, 5.74) is 1.96. The van der Waals surface area contributed by atoms with Gasteiger partial charge in [0, 0.05) is 37.8 Å². The molecule has 0 spiro atoms. The summed E-state index contributed by atoms with van der Waals surface area (Å²) < 4.78 is 5.31. The van der Waals surface area contributed by atoms with Crippen LogP contribution in [0.15, 0.2) is 60.7 Å². The molecule has 230 valence electrons. The monoisotopic (exact) mass is 600 g/mol. The lowest BCUT2D eigenvalue weighted by atomic mass is 10.0. The van der Waals surface area contributed by atoms with E-state index in [-0.39, 0.29) is 35.3 Å². The van der Waals surface area contributed by atoms with Crippen molar-refractivity contribution in [2.75, 3.05) is 32.8 Å². The van der Waals surface area contributed by atoms with Crippen molar-refractivity contribution in [3.05, 3.63) is 66.4 Å². The number of nitrogens with one attached hydrogen (secondary N) is 1. The van der Waals surface area contributed by atoms with Gasteiger partial charge < -0.3 is 24.7 Å². The van der Waals surface area contributed by atoms with Crippen LogP contribution in [0.3, 0.4) is 0 Å². The van der Waals surface area contributed by atoms with E-state index >= 15 is 0 Å². The molecule has 13 heteroatoms. The number of rotatable bonds is 10. The second-order valence-corrected chi connectivity index (χ2v) is 10.8. The second kappa shape index (κ2) is 13.9. The maximum Gasteiger partial charge on any atom is 0.409 e. The summed E-state index contributed by atoms with van der Waals surface area (Å²) in [6.45, 7) is 7.55. The Kier molecular flexibility index (Phi) is 9.62. The van der Waals surface area contributed by atoms with E-state index in [4.69, 9.17) is 9.57 Å². The van der Waals surface area contributed by atoms with Crippen molar-refractivity contribution in [2.45, 2.75) is 39.7 Å². The molecule has 44 heavy (non-hydrogen) atoms. The summed E-state index contributed by atoms with van der Waals surface area (Å²) in [7, 11) is 0. The molecule has 3 heterocycles. The molecule has 2 aromatic carbocycles. The third-order valence-corrected chi connectivity index (χ3v) is 7.26. The van der Waals surface area contributed by atoms with Crippen molar-refractivity contribution in [1.82, 2.24) is 40.2 Å². The van der Waals surface area contributed by atoms with E-state index in [0.717, 1.165) is 12.8 Å². The van der Waals surface area contributed by atoms with Crippen molar-refractivity contribution in [3.8, 4) is 17.3 Å². The fraction of sp³-hybridized carbons (Fsp3) is 0.387. The van der Waals surface area contributed by atoms with Gasteiger partial charge in [0.15, 0.2) is 5.82 Å². The van der Waals surface area contributed by atoms with Crippen molar-refractivity contribution in [3.63, 3.8) is 0 Å². The SMILES string of the molecule is CCCCOC(=O)N1CCN(C(=O)[C@@H](NC(=O)c2cc(On3nnc4ccccc43)nc(-c3ccccc3)n2)C(C)C)CC1. The van der Waals surface area contributed by atoms with Crippen LogP contribution in [-0.4, -0.2) is 91.7 Å². The number of hydrogen-bond acceptors (Lipinski definition) is 9. The summed E-state index contributed by atoms with van der Waals surface area (Å²) in [6, 6.07) is 17.1. The first-order chi connectivity index (χ1) is 21.3. The standard InChI is InChI=1S/C31H36N8O5/c1-4-5-19-43-31(42)38-17-15-37(16-18-38)30(41)27(21(2)3)34-29(40)24-20-26(33-28(32-24)22-11-7-6-8-12-22)44-39-25-14-10-9-13-23(25)35-36-39/h6-14,20-21,27H,4-5,15-19H2,1-3H3,(H,34,40)/t27-/m0/s1. The van der Waals surface area contributed by atoms with Gasteiger partial charge in [-0.15, -0.1) is 5.10 Å². The molecule has 0 bridgehead atoms. The van der Waals surface area contributed by atoms with Crippen molar-refractivity contribution < 1.29 is 24.0 Å². The number of benzene rings is 2. The van der Waals surface area contributed by atoms with Gasteiger partial charge >= 0.3 is 6.09 Å². The topological polar surface area (TPSA) is 145 Å². The average molecular weight is 601 g/mol. The number of unbranched alkanes of at least 4 members (excludes halogenated alkanes) is 1. The minimum Gasteiger partial charge on any atom is -0.449 e. The summed E-state index contributed by atoms with van der Waals surface area (Å²) in [5.74, 6) is -0.643. The van der Waals surface area contributed by atoms with Crippen LogP contribution < -0.4 is 10.2 Å². The van der Waals surface area contributed by atoms with Gasteiger partial charge in [0.1, 0.15) is 22.8 Å². The number of fused-ring (bicyclic) bond motifs is 1. The lowest BCUT2D eigenvalue weighted by Crippen LogP contribution is -2.57. The fourth-order valence-corrected chi connectivity index (χ4v) is 4.74. The van der Waals surface area contributed by atoms with Gasteiger partial charge in [-0.3, -0.25) is 9.59 Å². The zero-order valence-electron chi connectivity index (χ0n) is 25.0. The molecule has 2 aromatic heterocycles. The molecular formula is C31H36N8O5. The summed E-state index contributed by atoms with van der Waals surface area (Å²) in [4.78, 5) is 59.0. The Morgan fingerprint density at radius 1 is 0.932 bits per heavy atom. The van der Waals surface area contributed by atoms with Gasteiger partial charge in [0.2, 0.25) is 5.91 Å². The number of nitrogens with zero attached hydrogens (tertiary/aromatic N) is 7. The molecule has 0 unspecified atom stereocenters. The Morgan fingerprint density at radius 3 is 2.36 bits per heavy atom. The van der Waals surface area contributed by atoms with Crippen molar-refractivity contribution in [2.24, 2.45) is 5.92 Å². The molecule has 3 amide bonds. The molecule has 1 fully saturated rings. The fourth-order valence-electron chi connectivity index (χ4n) is 4.74. The van der Waals surface area contributed by atoms with Gasteiger partial charge in [-0.25, -0.2) is 9.78 Å². The van der Waals surface area contributed by atoms with Crippen molar-refractivity contribution in [1.29, 1.82) is 0 Å². The summed E-state index contributed by atoms with van der Waals surface area (Å²) >= 11 is 0. The first-order valence-corrected chi connectivity index (χ1v) is 14.8. The van der Waals surface area contributed by atoms with Gasteiger partial charge in [-0.2, -0.15) is 4.98 Å². The minimum absolute atomic E-state index is 0.0244. The van der Waals surface area contributed by atoms with Crippen LogP contribution in [0.5, 0.6) is 5.88 Å². The van der Waals surface area contributed by atoms with Crippen LogP contribution in [-0.2, 0) is 9.53 Å². The number of para-hydroxylation sites is 1. The zero-order valence-corrected chi connectivity index (χ0v) is 25.0. The molecule has 4 aromatic rings. The van der Waals surface area contributed by atoms with Crippen LogP contribution in [0.4, 0.5) is 4.79 Å². The highest BCUT2D eigenvalue weighted by Gasteiger charge is 2.33. The van der Waals surface area contributed by atoms with Crippen LogP contribution in [0.2, 0.25) is 0 Å². The third kappa shape index (κ3) is 7.10. The maximum absolute atomic E-state index is 13.6. The van der Waals surface area contributed by atoms with Gasteiger partial charge in [0.05, 0.1) is 6.61 Å². The lowest BCUT2D eigenvalue weighted by Gasteiger charge is -2.36. The first kappa shape index (κ1) is 30.4. The predicted octanol–water partition coefficient (Wildman–Crippen LogP) is 3.57. The van der Waals surface area contributed by atoms with Crippen LogP contribution in [0.25, 0.3) is 22.4 Å². The lowest BCUT2D eigenvalue weighted by molar-refractivity contribution is -0.135. The molecule has 1 saturated heterocycles. The largest absolute Gasteiger partial charge is 0.449 e. The van der Waals surface area contributed by atoms with Gasteiger partial charge in [-0.1, -0.05) is 74.5 Å². The van der Waals surface area contributed by atoms with E-state index in [1.165, 1.54) is 10.9 Å². The molecule has 0 saturated carbocycles. The zero-order chi connectivity index (χ0) is 31.1. The Morgan fingerprint density at radius 2 is 1.64 bits per heavy atom. The van der Waals surface area contributed by atoms with Crippen LogP contribution >= 0.6 is 0 Å². The molecule has 1 aliphatic heterocycles. The first-order valence-electron chi connectivity index (χ1n) is 14.8. The van der Waals surface area contributed by atoms with Crippen LogP contribution in [0.1, 0.15) is 44.1 Å². The molecule has 0 aliphatic carbocycles. The van der Waals surface area contributed by atoms with Crippen LogP contribution in [0, 0.1) is 5.92 Å². The minimum atomic E-state index is -0.815. The molecular weight excluding hydrogens is 564 g/mol. The third-order valence-electron chi connectivity index (χ3n) is 7.26. The predicted molar refractivity (Wildman–Crippen MR) is 162 cm³/mol. The van der Waals surface area contributed by atoms with Crippen molar-refractivity contribution >= 4 is 28.9 Å². The molecule has 5 rings (SSSR count). The quantitative estimate of drug-likeness (QED) is 0.270. The maximum atomic E-state index is 13.6. The second-order valence-electron chi connectivity index (χ2n) is 10.8. The summed E-state index contributed by atoms with van der Waals surface area (Å²) in [5, 5.41) is 11.0. The Balaban J connectivity index is 1.33. The molecule has 1 N–H and O–H groups in total. The van der Waals surface area contributed by atoms with E-state index in [0.29, 0.717) is 49.4 Å². The number of hydrogen-bond donors (Lipinski definition) is 1. The molecule has 0 radical (unpaired) electrons. The van der Waals surface area contributed by atoms with Gasteiger partial charge in [-0.05, 0) is 29.7 Å². The highest BCUT2D eigenvalue weighted by molar-refractivity contribution is 5.96. The number of amides is 3. The summed E-state index contributed by atoms with van der Waals surface area (Å²) in [6.07, 6.45) is 1.38. The van der Waals surface area contributed by atoms with E-state index < -0.39 is 11.9 Å². The number of piperazine rings is 1. The molecule has 1 aliphatic rings. The van der Waals surface area contributed by atoms with E-state index in [9.17, 15) is 14.4 Å². The highest BCUT2D eigenvalue weighted by atomic mass is 16.7. The van der Waals surface area contributed by atoms with E-state index in [1.54, 1.807) is 21.9 Å². The highest BCUT2D eigenvalue weighted by Crippen LogP contribution is 2.21. The average Bonchev–Trinajstić information content (AvgIpc) is 3.46. The molecule has 1 atom stereocenters. The Bertz CT molecular complexity index is 1600. The normalized spacial score (nSPS) is 14.0. The number of ether oxygens (including phenoxy) is 1. The Labute approximate surface area is 255 Å². The Hall–Kier alpha value is -5.07. The molecule has 13 nitrogen and oxygen atoms in total. The van der Waals surface area contributed by atoms with E-state index in [1.807, 2.05) is 63.2 Å².